The second kappa shape index (κ2) is 16.0. The summed E-state index contributed by atoms with van der Waals surface area (Å²) in [4.78, 5) is 2.47. The first-order chi connectivity index (χ1) is 15.8. The molecule has 1 heterocycles. The third-order valence-corrected chi connectivity index (χ3v) is 10.3. The number of nitrogens with zero attached hydrogens (tertiary/aromatic N) is 1. The van der Waals surface area contributed by atoms with Gasteiger partial charge in [0.15, 0.2) is 0 Å². The average Bonchev–Trinajstić information content (AvgIpc) is 2.75. The predicted octanol–water partition coefficient (Wildman–Crippen LogP) is 4.65. The van der Waals surface area contributed by atoms with Gasteiger partial charge in [-0.1, -0.05) is 39.0 Å². The lowest BCUT2D eigenvalue weighted by atomic mass is 9.90. The van der Waals surface area contributed by atoms with E-state index in [2.05, 4.69) is 49.9 Å². The summed E-state index contributed by atoms with van der Waals surface area (Å²) in [6.45, 7) is 15.9. The van der Waals surface area contributed by atoms with Crippen molar-refractivity contribution in [1.29, 1.82) is 0 Å². The minimum absolute atomic E-state index is 0.217. The molecule has 0 amide bonds. The smallest absolute Gasteiger partial charge is 0.379 e. The van der Waals surface area contributed by atoms with Crippen molar-refractivity contribution in [3.8, 4) is 0 Å². The van der Waals surface area contributed by atoms with Gasteiger partial charge in [-0.05, 0) is 57.1 Å². The van der Waals surface area contributed by atoms with Crippen LogP contribution in [0.5, 0.6) is 0 Å². The maximum Gasteiger partial charge on any atom is 0.524 e. The van der Waals surface area contributed by atoms with E-state index in [0.717, 1.165) is 13.0 Å². The lowest BCUT2D eigenvalue weighted by Gasteiger charge is -2.50. The first-order valence-corrected chi connectivity index (χ1v) is 15.4. The Morgan fingerprint density at radius 2 is 1.42 bits per heavy atom. The lowest BCUT2D eigenvalue weighted by molar-refractivity contribution is 0.0550. The van der Waals surface area contributed by atoms with Gasteiger partial charge >= 0.3 is 18.3 Å². The minimum Gasteiger partial charge on any atom is -0.379 e. The molecule has 0 N–H and O–H groups in total. The Hall–Kier alpha value is -0.786. The molecule has 1 aliphatic rings. The van der Waals surface area contributed by atoms with Crippen molar-refractivity contribution in [2.45, 2.75) is 66.0 Å². The number of anilines is 1. The van der Waals surface area contributed by atoms with Crippen molar-refractivity contribution in [3.63, 3.8) is 0 Å². The zero-order chi connectivity index (χ0) is 24.9. The maximum absolute atomic E-state index is 6.18. The fourth-order valence-electron chi connectivity index (χ4n) is 4.35. The van der Waals surface area contributed by atoms with Crippen LogP contribution in [0.1, 0.15) is 65.9 Å². The summed E-state index contributed by atoms with van der Waals surface area (Å²) in [5.74, 6) is 1.23. The topological polar surface area (TPSA) is 58.6 Å². The fourth-order valence-corrected chi connectivity index (χ4v) is 8.09. The van der Waals surface area contributed by atoms with Gasteiger partial charge in [-0.25, -0.2) is 0 Å². The number of benzene rings is 1. The molecule has 0 saturated carbocycles. The number of rotatable bonds is 14. The monoisotopic (exact) mass is 501 g/mol. The largest absolute Gasteiger partial charge is 0.524 e. The minimum atomic E-state index is -2.72. The molecule has 1 aromatic carbocycles. The second-order valence-corrected chi connectivity index (χ2v) is 13.2. The van der Waals surface area contributed by atoms with Crippen molar-refractivity contribution in [2.75, 3.05) is 52.6 Å². The van der Waals surface area contributed by atoms with Gasteiger partial charge in [0, 0.05) is 53.4 Å². The molecule has 0 spiro atoms. The summed E-state index contributed by atoms with van der Waals surface area (Å²) in [6.07, 6.45) is 2.26. The van der Waals surface area contributed by atoms with Crippen molar-refractivity contribution >= 4 is 24.0 Å². The molecule has 1 aliphatic heterocycles. The van der Waals surface area contributed by atoms with Crippen molar-refractivity contribution < 1.29 is 26.6 Å². The van der Waals surface area contributed by atoms with Crippen LogP contribution in [-0.2, 0) is 26.6 Å². The summed E-state index contributed by atoms with van der Waals surface area (Å²) in [5, 5.41) is 0. The van der Waals surface area contributed by atoms with Crippen molar-refractivity contribution in [2.24, 2.45) is 5.92 Å². The van der Waals surface area contributed by atoms with E-state index >= 15 is 0 Å². The van der Waals surface area contributed by atoms with E-state index in [1.54, 1.807) is 21.3 Å². The Labute approximate surface area is 205 Å². The Morgan fingerprint density at radius 1 is 0.909 bits per heavy atom. The van der Waals surface area contributed by atoms with E-state index < -0.39 is 18.3 Å². The Morgan fingerprint density at radius 3 is 1.79 bits per heavy atom. The molecule has 0 radical (unpaired) electrons. The van der Waals surface area contributed by atoms with Gasteiger partial charge in [0.05, 0.1) is 0 Å². The molecule has 2 atom stereocenters. The van der Waals surface area contributed by atoms with E-state index in [1.807, 2.05) is 20.8 Å². The molecule has 1 aromatic rings. The number of hydrogen-bond acceptors (Lipinski definition) is 7. The highest BCUT2D eigenvalue weighted by Gasteiger charge is 2.56. The molecular weight excluding hydrogens is 454 g/mol. The van der Waals surface area contributed by atoms with E-state index in [1.165, 1.54) is 17.7 Å². The van der Waals surface area contributed by atoms with Crippen LogP contribution in [0.3, 0.4) is 0 Å². The van der Waals surface area contributed by atoms with Crippen molar-refractivity contribution in [3.05, 3.63) is 29.8 Å². The van der Waals surface area contributed by atoms with Gasteiger partial charge in [0.2, 0.25) is 0 Å². The second-order valence-electron chi connectivity index (χ2n) is 8.49. The Balaban J connectivity index is 0.000000675. The van der Waals surface area contributed by atoms with Crippen LogP contribution in [0.25, 0.3) is 0 Å². The summed E-state index contributed by atoms with van der Waals surface area (Å²) in [6, 6.07) is 8.83. The maximum atomic E-state index is 6.18. The number of para-hydroxylation sites is 1. The molecule has 1 fully saturated rings. The summed E-state index contributed by atoms with van der Waals surface area (Å²) < 4.78 is 32.8. The zero-order valence-electron chi connectivity index (χ0n) is 22.3. The molecule has 33 heavy (non-hydrogen) atoms. The lowest BCUT2D eigenvalue weighted by Crippen LogP contribution is -2.69. The van der Waals surface area contributed by atoms with Gasteiger partial charge in [-0.15, -0.1) is 0 Å². The normalized spacial score (nSPS) is 17.1. The molecule has 9 heteroatoms. The molecule has 1 saturated heterocycles. The molecule has 0 aliphatic carbocycles. The standard InChI is InChI=1S/C21H37NO3Si.C3H10O3Si/c1-7-23-26(24-8-2,25-9-3)21-14-15-22(21)20-13-11-10-12-19(20)18(6)16-17(4)5;1-4-7(5-2)6-3/h10-13,17-18,21H,7-9,14-16H2,1-6H3;7H,1-3H3. The first-order valence-electron chi connectivity index (χ1n) is 12.2. The van der Waals surface area contributed by atoms with Crippen molar-refractivity contribution in [1.82, 2.24) is 0 Å². The molecule has 7 nitrogen and oxygen atoms in total. The quantitative estimate of drug-likeness (QED) is 0.344. The molecule has 2 unspecified atom stereocenters. The highest BCUT2D eigenvalue weighted by Crippen LogP contribution is 2.39. The molecule has 2 rings (SSSR count). The van der Waals surface area contributed by atoms with Gasteiger partial charge in [0.25, 0.3) is 0 Å². The van der Waals surface area contributed by atoms with Crippen LogP contribution in [0.4, 0.5) is 5.69 Å². The van der Waals surface area contributed by atoms with Crippen LogP contribution in [0.2, 0.25) is 0 Å². The van der Waals surface area contributed by atoms with Gasteiger partial charge in [-0.2, -0.15) is 0 Å². The first kappa shape index (κ1) is 30.2. The molecule has 0 bridgehead atoms. The summed E-state index contributed by atoms with van der Waals surface area (Å²) in [7, 11) is 0.327. The van der Waals surface area contributed by atoms with E-state index in [-0.39, 0.29) is 5.67 Å². The van der Waals surface area contributed by atoms with Crippen LogP contribution in [0, 0.1) is 5.92 Å². The third kappa shape index (κ3) is 8.74. The number of hydrogen-bond donors (Lipinski definition) is 0. The Kier molecular flexibility index (Phi) is 14.7. The highest BCUT2D eigenvalue weighted by molar-refractivity contribution is 6.63. The van der Waals surface area contributed by atoms with Crippen LogP contribution >= 0.6 is 0 Å². The SMILES string of the molecule is CCO[Si](OCC)(OCC)C1CCN1c1ccccc1C(C)CC(C)C.CO[SiH](OC)OC. The predicted molar refractivity (Wildman–Crippen MR) is 139 cm³/mol. The summed E-state index contributed by atoms with van der Waals surface area (Å²) in [5.41, 5.74) is 2.97. The Bertz CT molecular complexity index is 625. The van der Waals surface area contributed by atoms with Crippen LogP contribution in [-0.4, -0.2) is 71.7 Å². The summed E-state index contributed by atoms with van der Waals surface area (Å²) >= 11 is 0. The molecule has 0 aromatic heterocycles. The van der Waals surface area contributed by atoms with Crippen LogP contribution in [0.15, 0.2) is 24.3 Å². The van der Waals surface area contributed by atoms with Gasteiger partial charge in [0.1, 0.15) is 5.67 Å². The molecular formula is C24H47NO6Si2. The van der Waals surface area contributed by atoms with Gasteiger partial charge < -0.3 is 31.5 Å². The van der Waals surface area contributed by atoms with Crippen LogP contribution < -0.4 is 4.90 Å². The third-order valence-electron chi connectivity index (χ3n) is 5.64. The zero-order valence-corrected chi connectivity index (χ0v) is 24.4. The molecule has 192 valence electrons. The van der Waals surface area contributed by atoms with E-state index in [4.69, 9.17) is 26.6 Å². The van der Waals surface area contributed by atoms with Gasteiger partial charge in [-0.3, -0.25) is 0 Å². The average molecular weight is 502 g/mol. The van der Waals surface area contributed by atoms with E-state index in [9.17, 15) is 0 Å². The fraction of sp³-hybridized carbons (Fsp3) is 0.750. The van der Waals surface area contributed by atoms with E-state index in [0.29, 0.717) is 31.7 Å². The highest BCUT2D eigenvalue weighted by atomic mass is 28.4.